The third kappa shape index (κ3) is 2.00. The van der Waals surface area contributed by atoms with E-state index in [9.17, 15) is 0 Å². The summed E-state index contributed by atoms with van der Waals surface area (Å²) in [6.07, 6.45) is 2.27. The highest BCUT2D eigenvalue weighted by Gasteiger charge is 2.25. The van der Waals surface area contributed by atoms with E-state index in [1.54, 1.807) is 7.11 Å². The van der Waals surface area contributed by atoms with Crippen molar-refractivity contribution < 1.29 is 4.74 Å². The van der Waals surface area contributed by atoms with Gasteiger partial charge < -0.3 is 10.1 Å². The summed E-state index contributed by atoms with van der Waals surface area (Å²) in [7, 11) is 1.73. The fourth-order valence-corrected chi connectivity index (χ4v) is 2.20. The van der Waals surface area contributed by atoms with Crippen molar-refractivity contribution in [3.05, 3.63) is 29.3 Å². The van der Waals surface area contributed by atoms with Crippen LogP contribution in [0.5, 0.6) is 5.75 Å². The number of hydrogen-bond donors (Lipinski definition) is 1. The fraction of sp³-hybridized carbons (Fsp3) is 0.538. The summed E-state index contributed by atoms with van der Waals surface area (Å²) in [4.78, 5) is 0. The van der Waals surface area contributed by atoms with Crippen molar-refractivity contribution in [3.8, 4) is 5.75 Å². The first-order valence-electron chi connectivity index (χ1n) is 5.67. The van der Waals surface area contributed by atoms with E-state index < -0.39 is 0 Å². The summed E-state index contributed by atoms with van der Waals surface area (Å²) in [6, 6.07) is 7.74. The Labute approximate surface area is 91.6 Å². The summed E-state index contributed by atoms with van der Waals surface area (Å²) >= 11 is 0. The highest BCUT2D eigenvalue weighted by molar-refractivity contribution is 5.39. The Morgan fingerprint density at radius 2 is 2.20 bits per heavy atom. The molecule has 1 aromatic rings. The molecule has 82 valence electrons. The second-order valence-electron chi connectivity index (χ2n) is 4.28. The van der Waals surface area contributed by atoms with Crippen LogP contribution in [0.2, 0.25) is 0 Å². The molecule has 1 fully saturated rings. The lowest BCUT2D eigenvalue weighted by Crippen LogP contribution is -2.43. The van der Waals surface area contributed by atoms with Gasteiger partial charge in [-0.2, -0.15) is 0 Å². The van der Waals surface area contributed by atoms with Gasteiger partial charge in [0.05, 0.1) is 7.11 Å². The van der Waals surface area contributed by atoms with Crippen molar-refractivity contribution in [2.24, 2.45) is 0 Å². The predicted molar refractivity (Wildman–Crippen MR) is 62.3 cm³/mol. The molecule has 1 heterocycles. The van der Waals surface area contributed by atoms with Crippen LogP contribution in [0.1, 0.15) is 37.4 Å². The molecule has 0 saturated carbocycles. The Balaban J connectivity index is 2.19. The van der Waals surface area contributed by atoms with Crippen LogP contribution in [0.25, 0.3) is 0 Å². The maximum atomic E-state index is 5.32. The van der Waals surface area contributed by atoms with Crippen LogP contribution in [-0.4, -0.2) is 13.2 Å². The molecule has 0 radical (unpaired) electrons. The number of rotatable bonds is 3. The summed E-state index contributed by atoms with van der Waals surface area (Å²) in [6.45, 7) is 4.39. The van der Waals surface area contributed by atoms with Gasteiger partial charge >= 0.3 is 0 Å². The van der Waals surface area contributed by atoms with Gasteiger partial charge in [0, 0.05) is 12.1 Å². The van der Waals surface area contributed by atoms with Crippen molar-refractivity contribution in [2.45, 2.75) is 38.8 Å². The normalized spacial score (nSPS) is 24.7. The SMILES string of the molecule is CCc1cc(C2CC(C)N2)ccc1OC. The standard InChI is InChI=1S/C13H19NO/c1-4-10-8-11(5-6-13(10)15-3)12-7-9(2)14-12/h5-6,8-9,12,14H,4,7H2,1-3H3. The zero-order valence-corrected chi connectivity index (χ0v) is 9.71. The van der Waals surface area contributed by atoms with Crippen LogP contribution in [0, 0.1) is 0 Å². The fourth-order valence-electron chi connectivity index (χ4n) is 2.20. The average Bonchev–Trinajstić information content (AvgIpc) is 2.24. The minimum absolute atomic E-state index is 0.552. The molecule has 0 aliphatic carbocycles. The predicted octanol–water partition coefficient (Wildman–Crippen LogP) is 2.68. The van der Waals surface area contributed by atoms with Crippen molar-refractivity contribution in [1.82, 2.24) is 5.32 Å². The van der Waals surface area contributed by atoms with Crippen molar-refractivity contribution >= 4 is 0 Å². The summed E-state index contributed by atoms with van der Waals surface area (Å²) in [5.74, 6) is 1.01. The van der Waals surface area contributed by atoms with E-state index in [-0.39, 0.29) is 0 Å². The van der Waals surface area contributed by atoms with Crippen LogP contribution >= 0.6 is 0 Å². The number of nitrogens with one attached hydrogen (secondary N) is 1. The molecule has 0 bridgehead atoms. The monoisotopic (exact) mass is 205 g/mol. The molecule has 2 heteroatoms. The van der Waals surface area contributed by atoms with E-state index in [0.29, 0.717) is 12.1 Å². The van der Waals surface area contributed by atoms with Gasteiger partial charge in [-0.15, -0.1) is 0 Å². The molecule has 2 atom stereocenters. The van der Waals surface area contributed by atoms with Crippen LogP contribution in [0.4, 0.5) is 0 Å². The first-order valence-corrected chi connectivity index (χ1v) is 5.67. The molecule has 1 saturated heterocycles. The van der Waals surface area contributed by atoms with E-state index in [4.69, 9.17) is 4.74 Å². The second-order valence-corrected chi connectivity index (χ2v) is 4.28. The average molecular weight is 205 g/mol. The second kappa shape index (κ2) is 4.23. The highest BCUT2D eigenvalue weighted by Crippen LogP contribution is 2.30. The van der Waals surface area contributed by atoms with E-state index in [0.717, 1.165) is 12.2 Å². The summed E-state index contributed by atoms with van der Waals surface area (Å²) in [5, 5.41) is 3.51. The Kier molecular flexibility index (Phi) is 2.96. The minimum Gasteiger partial charge on any atom is -0.496 e. The van der Waals surface area contributed by atoms with Gasteiger partial charge in [0.15, 0.2) is 0 Å². The first-order chi connectivity index (χ1) is 7.24. The Hall–Kier alpha value is -1.02. The zero-order chi connectivity index (χ0) is 10.8. The lowest BCUT2D eigenvalue weighted by Gasteiger charge is -2.35. The van der Waals surface area contributed by atoms with E-state index >= 15 is 0 Å². The van der Waals surface area contributed by atoms with Gasteiger partial charge in [-0.05, 0) is 37.0 Å². The van der Waals surface area contributed by atoms with Gasteiger partial charge in [-0.3, -0.25) is 0 Å². The van der Waals surface area contributed by atoms with Crippen LogP contribution in [0.3, 0.4) is 0 Å². The Bertz CT molecular complexity index is 342. The topological polar surface area (TPSA) is 21.3 Å². The van der Waals surface area contributed by atoms with Crippen LogP contribution < -0.4 is 10.1 Å². The molecule has 1 aromatic carbocycles. The molecule has 0 aromatic heterocycles. The first kappa shape index (κ1) is 10.5. The molecular weight excluding hydrogens is 186 g/mol. The van der Waals surface area contributed by atoms with Crippen LogP contribution in [-0.2, 0) is 6.42 Å². The maximum Gasteiger partial charge on any atom is 0.122 e. The van der Waals surface area contributed by atoms with E-state index in [2.05, 4.69) is 37.4 Å². The van der Waals surface area contributed by atoms with Gasteiger partial charge in [-0.25, -0.2) is 0 Å². The molecule has 1 aliphatic heterocycles. The molecule has 1 aliphatic rings. The number of aryl methyl sites for hydroxylation is 1. The molecule has 2 rings (SSSR count). The van der Waals surface area contributed by atoms with Gasteiger partial charge in [0.2, 0.25) is 0 Å². The van der Waals surface area contributed by atoms with E-state index in [1.165, 1.54) is 17.5 Å². The van der Waals surface area contributed by atoms with Gasteiger partial charge in [0.1, 0.15) is 5.75 Å². The summed E-state index contributed by atoms with van der Waals surface area (Å²) in [5.41, 5.74) is 2.70. The maximum absolute atomic E-state index is 5.32. The lowest BCUT2D eigenvalue weighted by atomic mass is 9.90. The van der Waals surface area contributed by atoms with Crippen molar-refractivity contribution in [3.63, 3.8) is 0 Å². The molecular formula is C13H19NO. The van der Waals surface area contributed by atoms with Gasteiger partial charge in [0.25, 0.3) is 0 Å². The molecule has 2 nitrogen and oxygen atoms in total. The van der Waals surface area contributed by atoms with Crippen molar-refractivity contribution in [2.75, 3.05) is 7.11 Å². The minimum atomic E-state index is 0.552. The molecule has 15 heavy (non-hydrogen) atoms. The third-order valence-corrected chi connectivity index (χ3v) is 3.16. The molecule has 2 unspecified atom stereocenters. The Morgan fingerprint density at radius 3 is 2.73 bits per heavy atom. The Morgan fingerprint density at radius 1 is 1.47 bits per heavy atom. The summed E-state index contributed by atoms with van der Waals surface area (Å²) < 4.78 is 5.32. The zero-order valence-electron chi connectivity index (χ0n) is 9.71. The lowest BCUT2D eigenvalue weighted by molar-refractivity contribution is 0.287. The number of benzene rings is 1. The number of ether oxygens (including phenoxy) is 1. The number of hydrogen-bond acceptors (Lipinski definition) is 2. The van der Waals surface area contributed by atoms with Crippen LogP contribution in [0.15, 0.2) is 18.2 Å². The smallest absolute Gasteiger partial charge is 0.122 e. The molecule has 0 spiro atoms. The molecule has 0 amide bonds. The largest absolute Gasteiger partial charge is 0.496 e. The quantitative estimate of drug-likeness (QED) is 0.819. The van der Waals surface area contributed by atoms with E-state index in [1.807, 2.05) is 0 Å². The van der Waals surface area contributed by atoms with Crippen molar-refractivity contribution in [1.29, 1.82) is 0 Å². The third-order valence-electron chi connectivity index (χ3n) is 3.16. The number of methoxy groups -OCH3 is 1. The van der Waals surface area contributed by atoms with Gasteiger partial charge in [-0.1, -0.05) is 19.1 Å². The highest BCUT2D eigenvalue weighted by atomic mass is 16.5. The molecule has 1 N–H and O–H groups in total.